The average Bonchev–Trinajstić information content (AvgIpc) is 2.67. The largest absolute Gasteiger partial charge is 0.489 e. The van der Waals surface area contributed by atoms with E-state index in [2.05, 4.69) is 36.5 Å². The molecule has 1 N–H and O–H groups in total. The van der Waals surface area contributed by atoms with Crippen LogP contribution in [-0.2, 0) is 13.2 Å². The highest BCUT2D eigenvalue weighted by atomic mass is 35.5. The molecule has 0 atom stereocenters. The summed E-state index contributed by atoms with van der Waals surface area (Å²) < 4.78 is 5.86. The SMILES string of the molecule is Cc1ccc(CNC(=S)c2cccc(OCc3c(Cl)cccc3Cl)c2)cc1. The van der Waals surface area contributed by atoms with Crippen LogP contribution in [0.1, 0.15) is 22.3 Å². The highest BCUT2D eigenvalue weighted by molar-refractivity contribution is 7.80. The minimum Gasteiger partial charge on any atom is -0.489 e. The summed E-state index contributed by atoms with van der Waals surface area (Å²) in [5, 5.41) is 4.47. The van der Waals surface area contributed by atoms with Crippen molar-refractivity contribution in [3.8, 4) is 5.75 Å². The molecule has 0 amide bonds. The maximum Gasteiger partial charge on any atom is 0.120 e. The van der Waals surface area contributed by atoms with Crippen molar-refractivity contribution in [3.05, 3.63) is 99.0 Å². The molecule has 0 unspecified atom stereocenters. The third-order valence-electron chi connectivity index (χ3n) is 4.11. The third kappa shape index (κ3) is 5.46. The Kier molecular flexibility index (Phi) is 6.73. The number of benzene rings is 3. The van der Waals surface area contributed by atoms with Gasteiger partial charge in [0.1, 0.15) is 17.3 Å². The Balaban J connectivity index is 1.62. The molecule has 0 aromatic heterocycles. The molecule has 3 rings (SSSR count). The molecule has 0 aliphatic rings. The zero-order valence-corrected chi connectivity index (χ0v) is 17.2. The summed E-state index contributed by atoms with van der Waals surface area (Å²) in [6, 6.07) is 21.5. The second-order valence-corrected chi connectivity index (χ2v) is 7.41. The smallest absolute Gasteiger partial charge is 0.120 e. The molecule has 0 aliphatic carbocycles. The first-order valence-electron chi connectivity index (χ1n) is 8.52. The average molecular weight is 416 g/mol. The number of hydrogen-bond donors (Lipinski definition) is 1. The predicted molar refractivity (Wildman–Crippen MR) is 117 cm³/mol. The maximum atomic E-state index is 6.19. The number of halogens is 2. The van der Waals surface area contributed by atoms with Crippen molar-refractivity contribution < 1.29 is 4.74 Å². The Labute approximate surface area is 175 Å². The van der Waals surface area contributed by atoms with Gasteiger partial charge in [-0.1, -0.05) is 83.4 Å². The zero-order valence-electron chi connectivity index (χ0n) is 14.8. The van der Waals surface area contributed by atoms with E-state index < -0.39 is 0 Å². The summed E-state index contributed by atoms with van der Waals surface area (Å²) in [4.78, 5) is 0.678. The van der Waals surface area contributed by atoms with Crippen LogP contribution in [0.15, 0.2) is 66.7 Å². The van der Waals surface area contributed by atoms with Crippen LogP contribution in [0.25, 0.3) is 0 Å². The highest BCUT2D eigenvalue weighted by Crippen LogP contribution is 2.26. The summed E-state index contributed by atoms with van der Waals surface area (Å²) in [5.41, 5.74) is 4.10. The minimum atomic E-state index is 0.297. The van der Waals surface area contributed by atoms with Crippen molar-refractivity contribution >= 4 is 40.4 Å². The Bertz CT molecular complexity index is 921. The van der Waals surface area contributed by atoms with Crippen LogP contribution in [0.3, 0.4) is 0 Å². The first-order chi connectivity index (χ1) is 13.0. The van der Waals surface area contributed by atoms with Gasteiger partial charge in [-0.15, -0.1) is 0 Å². The Morgan fingerprint density at radius 3 is 2.33 bits per heavy atom. The Morgan fingerprint density at radius 2 is 1.63 bits per heavy atom. The van der Waals surface area contributed by atoms with E-state index in [-0.39, 0.29) is 0 Å². The number of hydrogen-bond acceptors (Lipinski definition) is 2. The number of ether oxygens (including phenoxy) is 1. The second-order valence-electron chi connectivity index (χ2n) is 6.18. The van der Waals surface area contributed by atoms with Crippen molar-refractivity contribution in [2.24, 2.45) is 0 Å². The van der Waals surface area contributed by atoms with Crippen LogP contribution in [-0.4, -0.2) is 4.99 Å². The van der Waals surface area contributed by atoms with Gasteiger partial charge < -0.3 is 10.1 Å². The lowest BCUT2D eigenvalue weighted by Gasteiger charge is -2.12. The van der Waals surface area contributed by atoms with Crippen LogP contribution >= 0.6 is 35.4 Å². The molecule has 2 nitrogen and oxygen atoms in total. The van der Waals surface area contributed by atoms with Gasteiger partial charge >= 0.3 is 0 Å². The van der Waals surface area contributed by atoms with Gasteiger partial charge in [0.25, 0.3) is 0 Å². The monoisotopic (exact) mass is 415 g/mol. The van der Waals surface area contributed by atoms with Crippen molar-refractivity contribution in [1.29, 1.82) is 0 Å². The van der Waals surface area contributed by atoms with Crippen LogP contribution in [0, 0.1) is 6.92 Å². The van der Waals surface area contributed by atoms with Crippen LogP contribution < -0.4 is 10.1 Å². The topological polar surface area (TPSA) is 21.3 Å². The molecule has 138 valence electrons. The minimum absolute atomic E-state index is 0.297. The van der Waals surface area contributed by atoms with Gasteiger partial charge in [-0.05, 0) is 36.8 Å². The molecule has 0 aliphatic heterocycles. The molecule has 0 fully saturated rings. The molecule has 0 saturated heterocycles. The molecule has 3 aromatic carbocycles. The lowest BCUT2D eigenvalue weighted by molar-refractivity contribution is 0.306. The maximum absolute atomic E-state index is 6.19. The van der Waals surface area contributed by atoms with Crippen LogP contribution in [0.5, 0.6) is 5.75 Å². The van der Waals surface area contributed by atoms with Crippen molar-refractivity contribution in [1.82, 2.24) is 5.32 Å². The molecule has 0 bridgehead atoms. The molecular weight excluding hydrogens is 397 g/mol. The van der Waals surface area contributed by atoms with Crippen molar-refractivity contribution in [3.63, 3.8) is 0 Å². The fourth-order valence-corrected chi connectivity index (χ4v) is 3.25. The zero-order chi connectivity index (χ0) is 19.2. The molecule has 27 heavy (non-hydrogen) atoms. The van der Waals surface area contributed by atoms with Crippen LogP contribution in [0.4, 0.5) is 0 Å². The van der Waals surface area contributed by atoms with Gasteiger partial charge in [-0.25, -0.2) is 0 Å². The van der Waals surface area contributed by atoms with Gasteiger partial charge in [-0.2, -0.15) is 0 Å². The highest BCUT2D eigenvalue weighted by Gasteiger charge is 2.08. The van der Waals surface area contributed by atoms with Crippen molar-refractivity contribution in [2.45, 2.75) is 20.1 Å². The summed E-state index contributed by atoms with van der Waals surface area (Å²) in [6.45, 7) is 3.05. The summed E-state index contributed by atoms with van der Waals surface area (Å²) >= 11 is 17.9. The summed E-state index contributed by atoms with van der Waals surface area (Å²) in [5.74, 6) is 0.711. The van der Waals surface area contributed by atoms with E-state index >= 15 is 0 Å². The van der Waals surface area contributed by atoms with Gasteiger partial charge in [0, 0.05) is 27.7 Å². The Morgan fingerprint density at radius 1 is 0.963 bits per heavy atom. The lowest BCUT2D eigenvalue weighted by Crippen LogP contribution is -2.21. The standard InChI is InChI=1S/C22H19Cl2NOS/c1-15-8-10-16(11-9-15)13-25-22(27)17-4-2-5-18(12-17)26-14-19-20(23)6-3-7-21(19)24/h2-12H,13-14H2,1H3,(H,25,27). The molecule has 0 spiro atoms. The summed E-state index contributed by atoms with van der Waals surface area (Å²) in [7, 11) is 0. The number of aryl methyl sites for hydroxylation is 1. The number of rotatable bonds is 6. The molecule has 3 aromatic rings. The molecule has 0 radical (unpaired) electrons. The molecule has 0 saturated carbocycles. The fourth-order valence-electron chi connectivity index (χ4n) is 2.54. The fraction of sp³-hybridized carbons (Fsp3) is 0.136. The summed E-state index contributed by atoms with van der Waals surface area (Å²) in [6.07, 6.45) is 0. The number of nitrogens with one attached hydrogen (secondary N) is 1. The quantitative estimate of drug-likeness (QED) is 0.474. The van der Waals surface area contributed by atoms with Gasteiger partial charge in [0.15, 0.2) is 0 Å². The van der Waals surface area contributed by atoms with E-state index in [1.165, 1.54) is 11.1 Å². The molecule has 0 heterocycles. The van der Waals surface area contributed by atoms with Gasteiger partial charge in [0.2, 0.25) is 0 Å². The third-order valence-corrected chi connectivity index (χ3v) is 5.20. The predicted octanol–water partition coefficient (Wildman–Crippen LogP) is 6.35. The van der Waals surface area contributed by atoms with E-state index in [9.17, 15) is 0 Å². The molecule has 5 heteroatoms. The van der Waals surface area contributed by atoms with Crippen LogP contribution in [0.2, 0.25) is 10.0 Å². The first-order valence-corrected chi connectivity index (χ1v) is 9.69. The normalized spacial score (nSPS) is 10.5. The second kappa shape index (κ2) is 9.23. The van der Waals surface area contributed by atoms with Gasteiger partial charge in [0.05, 0.1) is 0 Å². The Hall–Kier alpha value is -2.07. The first kappa shape index (κ1) is 19.7. The lowest BCUT2D eigenvalue weighted by atomic mass is 10.1. The van der Waals surface area contributed by atoms with E-state index in [0.29, 0.717) is 33.9 Å². The number of thiocarbonyl (C=S) groups is 1. The molecular formula is C22H19Cl2NOS. The van der Waals surface area contributed by atoms with E-state index in [1.807, 2.05) is 30.3 Å². The van der Waals surface area contributed by atoms with Gasteiger partial charge in [-0.3, -0.25) is 0 Å². The van der Waals surface area contributed by atoms with Crippen molar-refractivity contribution in [2.75, 3.05) is 0 Å². The van der Waals surface area contributed by atoms with E-state index in [0.717, 1.165) is 11.1 Å². The van der Waals surface area contributed by atoms with E-state index in [4.69, 9.17) is 40.2 Å². The van der Waals surface area contributed by atoms with E-state index in [1.54, 1.807) is 12.1 Å².